The molecular formula is C13H13FN2O2. The van der Waals surface area contributed by atoms with Crippen LogP contribution in [0.2, 0.25) is 0 Å². The molecule has 0 aliphatic heterocycles. The maximum absolute atomic E-state index is 13.3. The summed E-state index contributed by atoms with van der Waals surface area (Å²) in [4.78, 5) is 11.3. The molecule has 4 nitrogen and oxygen atoms in total. The fraction of sp³-hybridized carbons (Fsp3) is 0.231. The van der Waals surface area contributed by atoms with Crippen molar-refractivity contribution in [2.24, 2.45) is 7.05 Å². The number of carbonyl (C=O) groups excluding carboxylic acids is 1. The fourth-order valence-corrected chi connectivity index (χ4v) is 1.77. The maximum atomic E-state index is 13.3. The molecule has 0 unspecified atom stereocenters. The molecule has 5 heteroatoms. The van der Waals surface area contributed by atoms with Crippen LogP contribution in [0.15, 0.2) is 24.3 Å². The van der Waals surface area contributed by atoms with Crippen LogP contribution in [0.25, 0.3) is 11.3 Å². The van der Waals surface area contributed by atoms with E-state index in [0.29, 0.717) is 22.7 Å². The second kappa shape index (κ2) is 4.60. The normalized spacial score (nSPS) is 10.4. The monoisotopic (exact) mass is 248 g/mol. The van der Waals surface area contributed by atoms with Crippen molar-refractivity contribution in [2.75, 3.05) is 7.11 Å². The molecule has 0 atom stereocenters. The molecule has 18 heavy (non-hydrogen) atoms. The van der Waals surface area contributed by atoms with Gasteiger partial charge in [-0.2, -0.15) is 5.10 Å². The van der Waals surface area contributed by atoms with Gasteiger partial charge in [0.15, 0.2) is 5.78 Å². The van der Waals surface area contributed by atoms with E-state index in [9.17, 15) is 9.18 Å². The molecule has 2 rings (SSSR count). The summed E-state index contributed by atoms with van der Waals surface area (Å²) in [6.07, 6.45) is 0. The van der Waals surface area contributed by atoms with E-state index >= 15 is 0 Å². The van der Waals surface area contributed by atoms with Crippen LogP contribution in [0.1, 0.15) is 17.4 Å². The van der Waals surface area contributed by atoms with E-state index in [2.05, 4.69) is 5.10 Å². The fourth-order valence-electron chi connectivity index (χ4n) is 1.77. The quantitative estimate of drug-likeness (QED) is 0.783. The van der Waals surface area contributed by atoms with Gasteiger partial charge < -0.3 is 4.74 Å². The maximum Gasteiger partial charge on any atom is 0.180 e. The number of methoxy groups -OCH3 is 1. The molecular weight excluding hydrogens is 235 g/mol. The average Bonchev–Trinajstić information content (AvgIpc) is 2.71. The Labute approximate surface area is 104 Å². The third kappa shape index (κ3) is 2.11. The topological polar surface area (TPSA) is 44.1 Å². The minimum atomic E-state index is -0.364. The first-order valence-electron chi connectivity index (χ1n) is 5.42. The molecule has 0 aliphatic carbocycles. The van der Waals surface area contributed by atoms with Gasteiger partial charge in [-0.1, -0.05) is 0 Å². The highest BCUT2D eigenvalue weighted by molar-refractivity contribution is 5.93. The van der Waals surface area contributed by atoms with E-state index in [1.165, 1.54) is 30.8 Å². The highest BCUT2D eigenvalue weighted by Gasteiger charge is 2.14. The van der Waals surface area contributed by atoms with E-state index < -0.39 is 0 Å². The van der Waals surface area contributed by atoms with Crippen molar-refractivity contribution in [2.45, 2.75) is 6.92 Å². The van der Waals surface area contributed by atoms with E-state index in [0.717, 1.165) is 0 Å². The number of rotatable bonds is 3. The van der Waals surface area contributed by atoms with Crippen LogP contribution < -0.4 is 4.74 Å². The van der Waals surface area contributed by atoms with Crippen molar-refractivity contribution in [3.8, 4) is 17.0 Å². The van der Waals surface area contributed by atoms with E-state index in [1.807, 2.05) is 0 Å². The summed E-state index contributed by atoms with van der Waals surface area (Å²) in [5.74, 6) is 0.0399. The molecule has 1 aromatic carbocycles. The van der Waals surface area contributed by atoms with Crippen molar-refractivity contribution >= 4 is 5.78 Å². The van der Waals surface area contributed by atoms with Crippen LogP contribution in [-0.4, -0.2) is 22.7 Å². The molecule has 1 heterocycles. The molecule has 0 N–H and O–H groups in total. The standard InChI is InChI=1S/C13H13FN2O2/c1-8(17)11-7-12(16(2)15-11)10-6-9(14)4-5-13(10)18-3/h4-7H,1-3H3. The largest absolute Gasteiger partial charge is 0.496 e. The lowest BCUT2D eigenvalue weighted by Gasteiger charge is -2.08. The summed E-state index contributed by atoms with van der Waals surface area (Å²) in [6, 6.07) is 5.86. The van der Waals surface area contributed by atoms with Gasteiger partial charge in [-0.25, -0.2) is 4.39 Å². The predicted octanol–water partition coefficient (Wildman–Crippen LogP) is 2.44. The summed E-state index contributed by atoms with van der Waals surface area (Å²) >= 11 is 0. The Bertz CT molecular complexity index is 605. The number of hydrogen-bond acceptors (Lipinski definition) is 3. The van der Waals surface area contributed by atoms with Crippen molar-refractivity contribution in [3.63, 3.8) is 0 Å². The van der Waals surface area contributed by atoms with Gasteiger partial charge in [0, 0.05) is 19.5 Å². The molecule has 0 bridgehead atoms. The first-order valence-corrected chi connectivity index (χ1v) is 5.42. The third-order valence-electron chi connectivity index (χ3n) is 2.68. The van der Waals surface area contributed by atoms with Crippen LogP contribution >= 0.6 is 0 Å². The van der Waals surface area contributed by atoms with Gasteiger partial charge >= 0.3 is 0 Å². The second-order valence-corrected chi connectivity index (χ2v) is 3.94. The summed E-state index contributed by atoms with van der Waals surface area (Å²) in [5.41, 5.74) is 1.55. The Balaban J connectivity index is 2.60. The van der Waals surface area contributed by atoms with Gasteiger partial charge in [-0.15, -0.1) is 0 Å². The number of hydrogen-bond donors (Lipinski definition) is 0. The zero-order valence-electron chi connectivity index (χ0n) is 10.4. The number of nitrogens with zero attached hydrogens (tertiary/aromatic N) is 2. The Hall–Kier alpha value is -2.17. The van der Waals surface area contributed by atoms with E-state index in [1.54, 1.807) is 19.2 Å². The zero-order valence-corrected chi connectivity index (χ0v) is 10.4. The predicted molar refractivity (Wildman–Crippen MR) is 65.2 cm³/mol. The lowest BCUT2D eigenvalue weighted by molar-refractivity contribution is 0.101. The van der Waals surface area contributed by atoms with Crippen molar-refractivity contribution in [3.05, 3.63) is 35.8 Å². The first kappa shape index (κ1) is 12.3. The van der Waals surface area contributed by atoms with E-state index in [-0.39, 0.29) is 11.6 Å². The highest BCUT2D eigenvalue weighted by atomic mass is 19.1. The average molecular weight is 248 g/mol. The van der Waals surface area contributed by atoms with Gasteiger partial charge in [-0.05, 0) is 24.3 Å². The molecule has 2 aromatic rings. The van der Waals surface area contributed by atoms with Gasteiger partial charge in [0.05, 0.1) is 12.8 Å². The number of Topliss-reactive ketones (excluding diaryl/α,β-unsaturated/α-hetero) is 1. The molecule has 1 aromatic heterocycles. The third-order valence-corrected chi connectivity index (χ3v) is 2.68. The van der Waals surface area contributed by atoms with Gasteiger partial charge in [0.25, 0.3) is 0 Å². The van der Waals surface area contributed by atoms with Gasteiger partial charge in [0.2, 0.25) is 0 Å². The first-order chi connectivity index (χ1) is 8.52. The lowest BCUT2D eigenvalue weighted by Crippen LogP contribution is -1.98. The summed E-state index contributed by atoms with van der Waals surface area (Å²) in [7, 11) is 3.21. The number of aryl methyl sites for hydroxylation is 1. The highest BCUT2D eigenvalue weighted by Crippen LogP contribution is 2.30. The molecule has 94 valence electrons. The van der Waals surface area contributed by atoms with Crippen LogP contribution in [0.4, 0.5) is 4.39 Å². The van der Waals surface area contributed by atoms with Gasteiger partial charge in [0.1, 0.15) is 17.3 Å². The van der Waals surface area contributed by atoms with Crippen LogP contribution in [0.3, 0.4) is 0 Å². The van der Waals surface area contributed by atoms with Crippen molar-refractivity contribution in [1.29, 1.82) is 0 Å². The SMILES string of the molecule is COc1ccc(F)cc1-c1cc(C(C)=O)nn1C. The molecule has 0 radical (unpaired) electrons. The summed E-state index contributed by atoms with van der Waals surface area (Å²) in [5, 5.41) is 4.08. The number of halogens is 1. The lowest BCUT2D eigenvalue weighted by atomic mass is 10.1. The molecule has 0 fully saturated rings. The summed E-state index contributed by atoms with van der Waals surface area (Å²) < 4.78 is 20.0. The molecule has 0 aliphatic rings. The molecule has 0 saturated carbocycles. The molecule has 0 saturated heterocycles. The minimum Gasteiger partial charge on any atom is -0.496 e. The Morgan fingerprint density at radius 3 is 2.67 bits per heavy atom. The summed E-state index contributed by atoms with van der Waals surface area (Å²) in [6.45, 7) is 1.44. The Kier molecular flexibility index (Phi) is 3.14. The number of benzene rings is 1. The van der Waals surface area contributed by atoms with Crippen molar-refractivity contribution < 1.29 is 13.9 Å². The van der Waals surface area contributed by atoms with Crippen LogP contribution in [0, 0.1) is 5.82 Å². The number of carbonyl (C=O) groups is 1. The second-order valence-electron chi connectivity index (χ2n) is 3.94. The van der Waals surface area contributed by atoms with E-state index in [4.69, 9.17) is 4.74 Å². The minimum absolute atomic E-state index is 0.132. The smallest absolute Gasteiger partial charge is 0.180 e. The van der Waals surface area contributed by atoms with Gasteiger partial charge in [-0.3, -0.25) is 9.48 Å². The number of aromatic nitrogens is 2. The van der Waals surface area contributed by atoms with Crippen LogP contribution in [0.5, 0.6) is 5.75 Å². The van der Waals surface area contributed by atoms with Crippen LogP contribution in [-0.2, 0) is 7.05 Å². The molecule has 0 spiro atoms. The molecule has 0 amide bonds. The Morgan fingerprint density at radius 1 is 1.39 bits per heavy atom. The number of ether oxygens (including phenoxy) is 1. The van der Waals surface area contributed by atoms with Crippen molar-refractivity contribution in [1.82, 2.24) is 9.78 Å². The Morgan fingerprint density at radius 2 is 2.11 bits per heavy atom. The number of ketones is 1. The zero-order chi connectivity index (χ0) is 13.3.